The number of carboxylic acid groups (broad SMARTS) is 1. The standard InChI is InChI=1S/C15H23NO2/c1-5-12(3)16(4)15(6-2,14(17)18)13-10-8-7-9-11-13/h7-12H,5-6H2,1-4H3,(H,17,18). The highest BCUT2D eigenvalue weighted by Crippen LogP contribution is 2.33. The molecule has 0 aliphatic rings. The van der Waals surface area contributed by atoms with Gasteiger partial charge in [-0.15, -0.1) is 0 Å². The second kappa shape index (κ2) is 6.01. The van der Waals surface area contributed by atoms with Crippen LogP contribution < -0.4 is 0 Å². The highest BCUT2D eigenvalue weighted by molar-refractivity contribution is 5.80. The summed E-state index contributed by atoms with van der Waals surface area (Å²) in [7, 11) is 1.90. The lowest BCUT2D eigenvalue weighted by Crippen LogP contribution is -2.53. The van der Waals surface area contributed by atoms with Gasteiger partial charge in [0, 0.05) is 6.04 Å². The van der Waals surface area contributed by atoms with Gasteiger partial charge in [0.05, 0.1) is 0 Å². The molecule has 0 radical (unpaired) electrons. The van der Waals surface area contributed by atoms with Crippen molar-refractivity contribution in [1.29, 1.82) is 0 Å². The summed E-state index contributed by atoms with van der Waals surface area (Å²) >= 11 is 0. The van der Waals surface area contributed by atoms with Crippen LogP contribution in [0.3, 0.4) is 0 Å². The molecule has 2 atom stereocenters. The van der Waals surface area contributed by atoms with E-state index in [1.165, 1.54) is 0 Å². The van der Waals surface area contributed by atoms with Gasteiger partial charge in [0.1, 0.15) is 5.54 Å². The van der Waals surface area contributed by atoms with Gasteiger partial charge in [0.2, 0.25) is 0 Å². The first-order valence-electron chi connectivity index (χ1n) is 6.52. The molecule has 0 saturated heterocycles. The largest absolute Gasteiger partial charge is 0.480 e. The third kappa shape index (κ3) is 2.41. The second-order valence-electron chi connectivity index (χ2n) is 4.75. The summed E-state index contributed by atoms with van der Waals surface area (Å²) in [4.78, 5) is 13.8. The van der Waals surface area contributed by atoms with E-state index in [4.69, 9.17) is 0 Å². The van der Waals surface area contributed by atoms with Crippen LogP contribution in [0.4, 0.5) is 0 Å². The van der Waals surface area contributed by atoms with E-state index in [9.17, 15) is 9.90 Å². The number of likely N-dealkylation sites (N-methyl/N-ethyl adjacent to an activating group) is 1. The Morgan fingerprint density at radius 2 is 1.89 bits per heavy atom. The number of carbonyl (C=O) groups is 1. The highest BCUT2D eigenvalue weighted by Gasteiger charge is 2.43. The van der Waals surface area contributed by atoms with Crippen LogP contribution in [0.2, 0.25) is 0 Å². The van der Waals surface area contributed by atoms with Crippen molar-refractivity contribution in [2.45, 2.75) is 45.2 Å². The molecule has 3 nitrogen and oxygen atoms in total. The van der Waals surface area contributed by atoms with Gasteiger partial charge < -0.3 is 5.11 Å². The molecular weight excluding hydrogens is 226 g/mol. The SMILES string of the molecule is CCC(C)N(C)C(CC)(C(=O)O)c1ccccc1. The predicted octanol–water partition coefficient (Wildman–Crippen LogP) is 3.11. The molecule has 1 N–H and O–H groups in total. The molecule has 18 heavy (non-hydrogen) atoms. The molecule has 100 valence electrons. The fourth-order valence-electron chi connectivity index (χ4n) is 2.45. The number of carboxylic acids is 1. The average Bonchev–Trinajstić information content (AvgIpc) is 2.40. The van der Waals surface area contributed by atoms with Gasteiger partial charge in [-0.3, -0.25) is 4.90 Å². The van der Waals surface area contributed by atoms with E-state index in [-0.39, 0.29) is 6.04 Å². The molecule has 1 aromatic carbocycles. The molecule has 0 aliphatic carbocycles. The Balaban J connectivity index is 3.31. The van der Waals surface area contributed by atoms with Crippen molar-refractivity contribution >= 4 is 5.97 Å². The van der Waals surface area contributed by atoms with E-state index >= 15 is 0 Å². The maximum absolute atomic E-state index is 11.9. The minimum atomic E-state index is -0.934. The molecule has 1 aromatic rings. The summed E-state index contributed by atoms with van der Waals surface area (Å²) in [6.07, 6.45) is 1.48. The predicted molar refractivity (Wildman–Crippen MR) is 73.6 cm³/mol. The van der Waals surface area contributed by atoms with Gasteiger partial charge in [0.25, 0.3) is 0 Å². The van der Waals surface area contributed by atoms with E-state index in [0.717, 1.165) is 12.0 Å². The van der Waals surface area contributed by atoms with Crippen LogP contribution in [0.25, 0.3) is 0 Å². The lowest BCUT2D eigenvalue weighted by Gasteiger charge is -2.41. The Hall–Kier alpha value is -1.35. The quantitative estimate of drug-likeness (QED) is 0.842. The van der Waals surface area contributed by atoms with Crippen molar-refractivity contribution in [2.24, 2.45) is 0 Å². The third-order valence-electron chi connectivity index (χ3n) is 3.97. The normalized spacial score (nSPS) is 16.3. The van der Waals surface area contributed by atoms with Crippen LogP contribution in [-0.2, 0) is 10.3 Å². The average molecular weight is 249 g/mol. The molecule has 1 rings (SSSR count). The summed E-state index contributed by atoms with van der Waals surface area (Å²) in [6.45, 7) is 6.07. The van der Waals surface area contributed by atoms with Crippen molar-refractivity contribution in [3.8, 4) is 0 Å². The molecule has 0 fully saturated rings. The van der Waals surface area contributed by atoms with Gasteiger partial charge in [-0.25, -0.2) is 4.79 Å². The molecule has 0 aliphatic heterocycles. The Kier molecular flexibility index (Phi) is 4.91. The fraction of sp³-hybridized carbons (Fsp3) is 0.533. The lowest BCUT2D eigenvalue weighted by atomic mass is 9.84. The molecule has 0 heterocycles. The van der Waals surface area contributed by atoms with E-state index in [2.05, 4.69) is 13.8 Å². The number of hydrogen-bond donors (Lipinski definition) is 1. The Labute approximate surface area is 109 Å². The van der Waals surface area contributed by atoms with Gasteiger partial charge in [0.15, 0.2) is 0 Å². The molecule has 3 heteroatoms. The first kappa shape index (κ1) is 14.7. The molecule has 0 amide bonds. The van der Waals surface area contributed by atoms with Crippen molar-refractivity contribution < 1.29 is 9.90 Å². The van der Waals surface area contributed by atoms with Crippen LogP contribution in [0, 0.1) is 0 Å². The summed E-state index contributed by atoms with van der Waals surface area (Å²) in [6, 6.07) is 9.73. The summed E-state index contributed by atoms with van der Waals surface area (Å²) in [5.41, 5.74) is -0.0840. The summed E-state index contributed by atoms with van der Waals surface area (Å²) in [5.74, 6) is -0.779. The van der Waals surface area contributed by atoms with E-state index < -0.39 is 11.5 Å². The first-order valence-corrected chi connectivity index (χ1v) is 6.52. The topological polar surface area (TPSA) is 40.5 Å². The van der Waals surface area contributed by atoms with E-state index in [1.54, 1.807) is 0 Å². The fourth-order valence-corrected chi connectivity index (χ4v) is 2.45. The van der Waals surface area contributed by atoms with Crippen molar-refractivity contribution in [3.05, 3.63) is 35.9 Å². The van der Waals surface area contributed by atoms with Gasteiger partial charge in [-0.2, -0.15) is 0 Å². The number of nitrogens with zero attached hydrogens (tertiary/aromatic N) is 1. The minimum Gasteiger partial charge on any atom is -0.480 e. The van der Waals surface area contributed by atoms with Crippen molar-refractivity contribution in [1.82, 2.24) is 4.90 Å². The molecule has 0 saturated carbocycles. The van der Waals surface area contributed by atoms with Crippen LogP contribution in [0.15, 0.2) is 30.3 Å². The zero-order valence-electron chi connectivity index (χ0n) is 11.7. The molecular formula is C15H23NO2. The van der Waals surface area contributed by atoms with Crippen LogP contribution in [-0.4, -0.2) is 29.1 Å². The molecule has 0 aromatic heterocycles. The van der Waals surface area contributed by atoms with Crippen LogP contribution >= 0.6 is 0 Å². The lowest BCUT2D eigenvalue weighted by molar-refractivity contribution is -0.153. The third-order valence-corrected chi connectivity index (χ3v) is 3.97. The number of benzene rings is 1. The van der Waals surface area contributed by atoms with Crippen LogP contribution in [0.5, 0.6) is 0 Å². The summed E-state index contributed by atoms with van der Waals surface area (Å²) < 4.78 is 0. The van der Waals surface area contributed by atoms with Crippen LogP contribution in [0.1, 0.15) is 39.2 Å². The Morgan fingerprint density at radius 1 is 1.33 bits per heavy atom. The van der Waals surface area contributed by atoms with Gasteiger partial charge in [-0.1, -0.05) is 44.2 Å². The van der Waals surface area contributed by atoms with Gasteiger partial charge >= 0.3 is 5.97 Å². The smallest absolute Gasteiger partial charge is 0.328 e. The monoisotopic (exact) mass is 249 g/mol. The van der Waals surface area contributed by atoms with Gasteiger partial charge in [-0.05, 0) is 32.4 Å². The Bertz CT molecular complexity index is 391. The number of aliphatic carboxylic acids is 1. The van der Waals surface area contributed by atoms with E-state index in [0.29, 0.717) is 6.42 Å². The number of rotatable bonds is 6. The number of hydrogen-bond acceptors (Lipinski definition) is 2. The maximum Gasteiger partial charge on any atom is 0.328 e. The molecule has 2 unspecified atom stereocenters. The summed E-state index contributed by atoms with van der Waals surface area (Å²) in [5, 5.41) is 9.75. The highest BCUT2D eigenvalue weighted by atomic mass is 16.4. The molecule has 0 spiro atoms. The maximum atomic E-state index is 11.9. The zero-order valence-corrected chi connectivity index (χ0v) is 11.7. The first-order chi connectivity index (χ1) is 8.50. The Morgan fingerprint density at radius 3 is 2.28 bits per heavy atom. The molecule has 0 bridgehead atoms. The van der Waals surface area contributed by atoms with Crippen molar-refractivity contribution in [2.75, 3.05) is 7.05 Å². The zero-order chi connectivity index (χ0) is 13.8. The van der Waals surface area contributed by atoms with E-state index in [1.807, 2.05) is 49.2 Å². The minimum absolute atomic E-state index is 0.223. The van der Waals surface area contributed by atoms with Crippen molar-refractivity contribution in [3.63, 3.8) is 0 Å². The second-order valence-corrected chi connectivity index (χ2v) is 4.75.